The van der Waals surface area contributed by atoms with Crippen molar-refractivity contribution in [3.05, 3.63) is 40.7 Å². The number of anilines is 1. The number of rotatable bonds is 3. The van der Waals surface area contributed by atoms with Gasteiger partial charge < -0.3 is 10.2 Å². The van der Waals surface area contributed by atoms with E-state index in [-0.39, 0.29) is 11.8 Å². The zero-order valence-corrected chi connectivity index (χ0v) is 14.6. The Kier molecular flexibility index (Phi) is 4.89. The van der Waals surface area contributed by atoms with Gasteiger partial charge in [-0.05, 0) is 45.2 Å². The Balaban J connectivity index is 1.76. The summed E-state index contributed by atoms with van der Waals surface area (Å²) in [5.41, 5.74) is 1.43. The minimum Gasteiger partial charge on any atom is -0.327 e. The molecule has 0 bridgehead atoms. The number of aryl methyl sites for hydroxylation is 2. The standard InChI is InChI=1S/C17H20N4O2S/c1-11-12(2)24-17(19-11)20-15(22)14-7-3-4-9-21(14)16(23)13-6-5-8-18-10-13/h5-6,8,10,14H,3-4,7,9H2,1-2H3,(H,19,20,22)/t14-/m0/s1. The molecule has 6 nitrogen and oxygen atoms in total. The fourth-order valence-corrected chi connectivity index (χ4v) is 3.63. The van der Waals surface area contributed by atoms with Gasteiger partial charge in [-0.25, -0.2) is 4.98 Å². The van der Waals surface area contributed by atoms with E-state index in [4.69, 9.17) is 0 Å². The van der Waals surface area contributed by atoms with E-state index in [1.165, 1.54) is 11.3 Å². The molecule has 3 heterocycles. The van der Waals surface area contributed by atoms with Gasteiger partial charge in [-0.15, -0.1) is 11.3 Å². The average molecular weight is 344 g/mol. The summed E-state index contributed by atoms with van der Waals surface area (Å²) in [6, 6.07) is 3.00. The molecule has 2 amide bonds. The predicted octanol–water partition coefficient (Wildman–Crippen LogP) is 2.79. The lowest BCUT2D eigenvalue weighted by Crippen LogP contribution is -2.50. The second-order valence-electron chi connectivity index (χ2n) is 5.90. The number of thiazole rings is 1. The number of hydrogen-bond acceptors (Lipinski definition) is 5. The normalized spacial score (nSPS) is 17.6. The molecule has 0 saturated carbocycles. The van der Waals surface area contributed by atoms with Crippen LogP contribution >= 0.6 is 11.3 Å². The lowest BCUT2D eigenvalue weighted by Gasteiger charge is -2.34. The van der Waals surface area contributed by atoms with Crippen LogP contribution in [0.15, 0.2) is 24.5 Å². The minimum atomic E-state index is -0.462. The van der Waals surface area contributed by atoms with Crippen LogP contribution in [-0.2, 0) is 4.79 Å². The fourth-order valence-electron chi connectivity index (χ4n) is 2.82. The zero-order valence-electron chi connectivity index (χ0n) is 13.8. The number of aromatic nitrogens is 2. The van der Waals surface area contributed by atoms with Crippen LogP contribution in [0.5, 0.6) is 0 Å². The van der Waals surface area contributed by atoms with Gasteiger partial charge in [-0.2, -0.15) is 0 Å². The van der Waals surface area contributed by atoms with Crippen LogP contribution in [-0.4, -0.2) is 39.3 Å². The first-order chi connectivity index (χ1) is 11.6. The molecule has 0 aromatic carbocycles. The third-order valence-electron chi connectivity index (χ3n) is 4.23. The molecule has 1 fully saturated rings. The number of carbonyl (C=O) groups is 2. The number of nitrogens with one attached hydrogen (secondary N) is 1. The molecule has 1 N–H and O–H groups in total. The molecule has 7 heteroatoms. The highest BCUT2D eigenvalue weighted by Gasteiger charge is 2.33. The minimum absolute atomic E-state index is 0.144. The first-order valence-corrected chi connectivity index (χ1v) is 8.84. The number of amides is 2. The van der Waals surface area contributed by atoms with Crippen molar-refractivity contribution in [2.75, 3.05) is 11.9 Å². The maximum absolute atomic E-state index is 12.7. The van der Waals surface area contributed by atoms with E-state index in [0.29, 0.717) is 23.7 Å². The molecular formula is C17H20N4O2S. The van der Waals surface area contributed by atoms with E-state index in [1.807, 2.05) is 13.8 Å². The summed E-state index contributed by atoms with van der Waals surface area (Å²) in [6.45, 7) is 4.48. The Morgan fingerprint density at radius 1 is 1.33 bits per heavy atom. The van der Waals surface area contributed by atoms with Crippen molar-refractivity contribution >= 4 is 28.3 Å². The molecule has 1 aliphatic heterocycles. The maximum Gasteiger partial charge on any atom is 0.256 e. The van der Waals surface area contributed by atoms with Gasteiger partial charge in [0.25, 0.3) is 5.91 Å². The predicted molar refractivity (Wildman–Crippen MR) is 93.1 cm³/mol. The Bertz CT molecular complexity index is 725. The van der Waals surface area contributed by atoms with E-state index in [2.05, 4.69) is 15.3 Å². The van der Waals surface area contributed by atoms with Gasteiger partial charge in [0.05, 0.1) is 11.3 Å². The highest BCUT2D eigenvalue weighted by Crippen LogP contribution is 2.24. The Labute approximate surface area is 144 Å². The first kappa shape index (κ1) is 16.6. The average Bonchev–Trinajstić information content (AvgIpc) is 2.92. The van der Waals surface area contributed by atoms with Crippen LogP contribution in [0, 0.1) is 13.8 Å². The molecule has 1 atom stereocenters. The number of pyridine rings is 1. The van der Waals surface area contributed by atoms with E-state index in [1.54, 1.807) is 29.4 Å². The smallest absolute Gasteiger partial charge is 0.256 e. The summed E-state index contributed by atoms with van der Waals surface area (Å²) >= 11 is 1.46. The zero-order chi connectivity index (χ0) is 17.1. The van der Waals surface area contributed by atoms with Crippen LogP contribution in [0.2, 0.25) is 0 Å². The molecule has 0 unspecified atom stereocenters. The molecule has 1 aliphatic rings. The molecule has 2 aromatic rings. The van der Waals surface area contributed by atoms with Crippen molar-refractivity contribution in [3.63, 3.8) is 0 Å². The fraction of sp³-hybridized carbons (Fsp3) is 0.412. The molecule has 0 aliphatic carbocycles. The number of nitrogens with zero attached hydrogens (tertiary/aromatic N) is 3. The van der Waals surface area contributed by atoms with Gasteiger partial charge in [0.15, 0.2) is 5.13 Å². The van der Waals surface area contributed by atoms with Crippen molar-refractivity contribution in [2.24, 2.45) is 0 Å². The van der Waals surface area contributed by atoms with Crippen molar-refractivity contribution in [3.8, 4) is 0 Å². The van der Waals surface area contributed by atoms with Gasteiger partial charge >= 0.3 is 0 Å². The van der Waals surface area contributed by atoms with Crippen molar-refractivity contribution in [2.45, 2.75) is 39.2 Å². The number of hydrogen-bond donors (Lipinski definition) is 1. The summed E-state index contributed by atoms with van der Waals surface area (Å²) in [5, 5.41) is 3.46. The van der Waals surface area contributed by atoms with Crippen LogP contribution in [0.1, 0.15) is 40.2 Å². The van der Waals surface area contributed by atoms with Crippen LogP contribution in [0.25, 0.3) is 0 Å². The molecular weight excluding hydrogens is 324 g/mol. The number of piperidine rings is 1. The number of carbonyl (C=O) groups excluding carboxylic acids is 2. The molecule has 2 aromatic heterocycles. The quantitative estimate of drug-likeness (QED) is 0.929. The van der Waals surface area contributed by atoms with Crippen molar-refractivity contribution in [1.29, 1.82) is 0 Å². The Morgan fingerprint density at radius 2 is 2.17 bits per heavy atom. The lowest BCUT2D eigenvalue weighted by molar-refractivity contribution is -0.121. The topological polar surface area (TPSA) is 75.2 Å². The van der Waals surface area contributed by atoms with Crippen molar-refractivity contribution < 1.29 is 9.59 Å². The monoisotopic (exact) mass is 344 g/mol. The van der Waals surface area contributed by atoms with Crippen LogP contribution < -0.4 is 5.32 Å². The van der Waals surface area contributed by atoms with Crippen LogP contribution in [0.4, 0.5) is 5.13 Å². The van der Waals surface area contributed by atoms with Crippen LogP contribution in [0.3, 0.4) is 0 Å². The summed E-state index contributed by atoms with van der Waals surface area (Å²) in [4.78, 5) is 36.5. The Hall–Kier alpha value is -2.28. The van der Waals surface area contributed by atoms with Gasteiger partial charge in [0, 0.05) is 23.8 Å². The summed E-state index contributed by atoms with van der Waals surface area (Å²) in [6.07, 6.45) is 5.68. The highest BCUT2D eigenvalue weighted by atomic mass is 32.1. The van der Waals surface area contributed by atoms with Gasteiger partial charge in [-0.3, -0.25) is 14.6 Å². The van der Waals surface area contributed by atoms with E-state index < -0.39 is 6.04 Å². The molecule has 24 heavy (non-hydrogen) atoms. The molecule has 0 spiro atoms. The largest absolute Gasteiger partial charge is 0.327 e. The molecule has 1 saturated heterocycles. The lowest BCUT2D eigenvalue weighted by atomic mass is 10.0. The van der Waals surface area contributed by atoms with E-state index in [0.717, 1.165) is 23.4 Å². The highest BCUT2D eigenvalue weighted by molar-refractivity contribution is 7.15. The SMILES string of the molecule is Cc1nc(NC(=O)[C@@H]2CCCCN2C(=O)c2cccnc2)sc1C. The number of likely N-dealkylation sites (tertiary alicyclic amines) is 1. The van der Waals surface area contributed by atoms with Crippen molar-refractivity contribution in [1.82, 2.24) is 14.9 Å². The van der Waals surface area contributed by atoms with E-state index in [9.17, 15) is 9.59 Å². The Morgan fingerprint density at radius 3 is 2.83 bits per heavy atom. The molecule has 0 radical (unpaired) electrons. The third kappa shape index (κ3) is 3.46. The second kappa shape index (κ2) is 7.09. The van der Waals surface area contributed by atoms with Gasteiger partial charge in [0.1, 0.15) is 6.04 Å². The van der Waals surface area contributed by atoms with Gasteiger partial charge in [0.2, 0.25) is 5.91 Å². The molecule has 126 valence electrons. The van der Waals surface area contributed by atoms with Gasteiger partial charge in [-0.1, -0.05) is 0 Å². The van der Waals surface area contributed by atoms with E-state index >= 15 is 0 Å². The molecule has 3 rings (SSSR count). The second-order valence-corrected chi connectivity index (χ2v) is 7.10. The first-order valence-electron chi connectivity index (χ1n) is 8.02. The summed E-state index contributed by atoms with van der Waals surface area (Å²) in [5.74, 6) is -0.310. The summed E-state index contributed by atoms with van der Waals surface area (Å²) in [7, 11) is 0. The summed E-state index contributed by atoms with van der Waals surface area (Å²) < 4.78 is 0. The maximum atomic E-state index is 12.7. The third-order valence-corrected chi connectivity index (χ3v) is 5.22.